The van der Waals surface area contributed by atoms with E-state index in [9.17, 15) is 23.5 Å². The number of carbonyl (C=O) groups is 2. The summed E-state index contributed by atoms with van der Waals surface area (Å²) in [4.78, 5) is 25.5. The number of nitrogens with zero attached hydrogens (tertiary/aromatic N) is 1. The second-order valence-electron chi connectivity index (χ2n) is 8.61. The fourth-order valence-electron chi connectivity index (χ4n) is 3.37. The van der Waals surface area contributed by atoms with E-state index in [1.807, 2.05) is 13.0 Å². The summed E-state index contributed by atoms with van der Waals surface area (Å²) in [6, 6.07) is 12.0. The predicted molar refractivity (Wildman–Crippen MR) is 135 cm³/mol. The van der Waals surface area contributed by atoms with E-state index in [1.54, 1.807) is 43.3 Å². The third-order valence-corrected chi connectivity index (χ3v) is 5.25. The molecule has 0 fully saturated rings. The molecule has 0 aromatic heterocycles. The number of hydrogen-bond donors (Lipinski definition) is 1. The second-order valence-corrected chi connectivity index (χ2v) is 8.61. The van der Waals surface area contributed by atoms with Crippen molar-refractivity contribution < 1.29 is 47.2 Å². The summed E-state index contributed by atoms with van der Waals surface area (Å²) < 4.78 is 52.9. The first-order valence-corrected chi connectivity index (χ1v) is 12.2. The van der Waals surface area contributed by atoms with Gasteiger partial charge in [0.1, 0.15) is 19.0 Å². The number of aliphatic carboxylic acids is 1. The van der Waals surface area contributed by atoms with Crippen LogP contribution in [0.1, 0.15) is 25.0 Å². The molecule has 0 saturated carbocycles. The first-order valence-electron chi connectivity index (χ1n) is 12.2. The highest BCUT2D eigenvalue weighted by atomic mass is 19.3. The number of rotatable bonds is 16. The summed E-state index contributed by atoms with van der Waals surface area (Å²) in [5.74, 6) is -2.91. The van der Waals surface area contributed by atoms with E-state index in [1.165, 1.54) is 12.0 Å². The molecule has 0 heterocycles. The average molecular weight is 540 g/mol. The molecule has 0 aliphatic heterocycles. The molecule has 0 bridgehead atoms. The smallest absolute Gasteiger partial charge is 0.415 e. The summed E-state index contributed by atoms with van der Waals surface area (Å²) in [6.07, 6.45) is -1.44. The van der Waals surface area contributed by atoms with E-state index in [2.05, 4.69) is 0 Å². The highest BCUT2D eigenvalue weighted by Gasteiger charge is 2.23. The van der Waals surface area contributed by atoms with Crippen LogP contribution in [-0.4, -0.2) is 80.7 Å². The zero-order valence-corrected chi connectivity index (χ0v) is 22.1. The minimum atomic E-state index is -2.98. The molecule has 0 aliphatic carbocycles. The quantitative estimate of drug-likeness (QED) is 0.309. The molecule has 1 atom stereocenters. The fourth-order valence-corrected chi connectivity index (χ4v) is 3.37. The maximum atomic E-state index is 13.1. The van der Waals surface area contributed by atoms with Gasteiger partial charge in [0.2, 0.25) is 0 Å². The lowest BCUT2D eigenvalue weighted by Gasteiger charge is -2.23. The first kappa shape index (κ1) is 30.8. The van der Waals surface area contributed by atoms with Crippen LogP contribution in [0.4, 0.5) is 13.6 Å². The summed E-state index contributed by atoms with van der Waals surface area (Å²) >= 11 is 0. The molecule has 210 valence electrons. The van der Waals surface area contributed by atoms with Crippen molar-refractivity contribution in [3.8, 4) is 17.2 Å². The number of carbonyl (C=O) groups excluding carboxylic acids is 1. The van der Waals surface area contributed by atoms with Gasteiger partial charge >= 0.3 is 12.1 Å². The first-order chi connectivity index (χ1) is 18.0. The molecular weight excluding hydrogens is 504 g/mol. The van der Waals surface area contributed by atoms with Gasteiger partial charge in [-0.2, -0.15) is 0 Å². The number of carboxylic acid groups (broad SMARTS) is 1. The lowest BCUT2D eigenvalue weighted by molar-refractivity contribution is -0.149. The van der Waals surface area contributed by atoms with Crippen LogP contribution in [0.25, 0.3) is 0 Å². The van der Waals surface area contributed by atoms with Gasteiger partial charge in [0.25, 0.3) is 5.92 Å². The molecular formula is C27H35F2NO8. The molecule has 1 N–H and O–H groups in total. The fraction of sp³-hybridized carbons (Fsp3) is 0.481. The molecule has 2 aromatic rings. The van der Waals surface area contributed by atoms with Gasteiger partial charge in [-0.25, -0.2) is 18.4 Å². The Labute approximate surface area is 221 Å². The van der Waals surface area contributed by atoms with Gasteiger partial charge in [-0.15, -0.1) is 0 Å². The molecule has 11 heteroatoms. The minimum Gasteiger partial charge on any atom is -0.493 e. The molecule has 1 amide bonds. The number of methoxy groups -OCH3 is 1. The third-order valence-electron chi connectivity index (χ3n) is 5.25. The van der Waals surface area contributed by atoms with Crippen molar-refractivity contribution in [1.82, 2.24) is 4.90 Å². The maximum absolute atomic E-state index is 13.1. The lowest BCUT2D eigenvalue weighted by atomic mass is 10.1. The SMILES string of the molecule is CCOC(Cc1ccc(OCCN(CCOCC(C)(F)F)C(=O)Oc2cc(C)ccc2OC)cc1)C(=O)O. The Bertz CT molecular complexity index is 1030. The number of aryl methyl sites for hydroxylation is 1. The van der Waals surface area contributed by atoms with Crippen molar-refractivity contribution >= 4 is 12.1 Å². The van der Waals surface area contributed by atoms with E-state index in [0.717, 1.165) is 18.1 Å². The van der Waals surface area contributed by atoms with E-state index in [4.69, 9.17) is 23.7 Å². The average Bonchev–Trinajstić information content (AvgIpc) is 2.85. The molecule has 2 aromatic carbocycles. The van der Waals surface area contributed by atoms with Crippen molar-refractivity contribution in [2.24, 2.45) is 0 Å². The minimum absolute atomic E-state index is 0.000647. The van der Waals surface area contributed by atoms with E-state index < -0.39 is 30.7 Å². The van der Waals surface area contributed by atoms with Gasteiger partial charge in [0, 0.05) is 26.5 Å². The standard InChI is InChI=1S/C27H35F2NO8/c1-5-36-24(25(31)32)17-20-7-9-21(10-8-20)37-15-13-30(12-14-35-18-27(3,28)29)26(33)38-23-16-19(2)6-11-22(23)34-4/h6-11,16,24H,5,12-15,17-18H2,1-4H3,(H,31,32). The van der Waals surface area contributed by atoms with Crippen LogP contribution in [0.2, 0.25) is 0 Å². The predicted octanol–water partition coefficient (Wildman–Crippen LogP) is 4.59. The van der Waals surface area contributed by atoms with Crippen molar-refractivity contribution in [1.29, 1.82) is 0 Å². The number of alkyl halides is 2. The summed E-state index contributed by atoms with van der Waals surface area (Å²) in [7, 11) is 1.45. The van der Waals surface area contributed by atoms with Crippen LogP contribution >= 0.6 is 0 Å². The number of benzene rings is 2. The maximum Gasteiger partial charge on any atom is 0.415 e. The number of carboxylic acids is 1. The van der Waals surface area contributed by atoms with Crippen molar-refractivity contribution in [3.63, 3.8) is 0 Å². The topological polar surface area (TPSA) is 104 Å². The third kappa shape index (κ3) is 10.9. The molecule has 0 aliphatic rings. The van der Waals surface area contributed by atoms with E-state index in [0.29, 0.717) is 18.1 Å². The Morgan fingerprint density at radius 2 is 1.74 bits per heavy atom. The van der Waals surface area contributed by atoms with Gasteiger partial charge in [-0.05, 0) is 49.2 Å². The molecule has 9 nitrogen and oxygen atoms in total. The van der Waals surface area contributed by atoms with Crippen LogP contribution in [0, 0.1) is 6.92 Å². The Kier molecular flexibility index (Phi) is 12.2. The molecule has 2 rings (SSSR count). The van der Waals surface area contributed by atoms with Crippen LogP contribution in [-0.2, 0) is 20.7 Å². The van der Waals surface area contributed by atoms with Gasteiger partial charge in [0.05, 0.1) is 20.3 Å². The van der Waals surface area contributed by atoms with Crippen LogP contribution in [0.3, 0.4) is 0 Å². The number of hydrogen-bond acceptors (Lipinski definition) is 7. The molecule has 38 heavy (non-hydrogen) atoms. The zero-order chi connectivity index (χ0) is 28.1. The normalized spacial score (nSPS) is 12.1. The molecule has 0 saturated heterocycles. The number of ether oxygens (including phenoxy) is 5. The Morgan fingerprint density at radius 1 is 1.05 bits per heavy atom. The van der Waals surface area contributed by atoms with Gasteiger partial charge < -0.3 is 33.7 Å². The van der Waals surface area contributed by atoms with Gasteiger partial charge in [0.15, 0.2) is 17.6 Å². The summed E-state index contributed by atoms with van der Waals surface area (Å²) in [5, 5.41) is 9.24. The Balaban J connectivity index is 1.99. The Hall–Kier alpha value is -3.44. The molecule has 1 unspecified atom stereocenters. The lowest BCUT2D eigenvalue weighted by Crippen LogP contribution is -2.39. The van der Waals surface area contributed by atoms with Crippen molar-refractivity contribution in [3.05, 3.63) is 53.6 Å². The van der Waals surface area contributed by atoms with Crippen molar-refractivity contribution in [2.45, 2.75) is 39.2 Å². The largest absolute Gasteiger partial charge is 0.493 e. The second kappa shape index (κ2) is 15.1. The van der Waals surface area contributed by atoms with E-state index in [-0.39, 0.29) is 38.5 Å². The zero-order valence-electron chi connectivity index (χ0n) is 22.1. The van der Waals surface area contributed by atoms with Crippen LogP contribution in [0.15, 0.2) is 42.5 Å². The van der Waals surface area contributed by atoms with Gasteiger partial charge in [-0.1, -0.05) is 18.2 Å². The van der Waals surface area contributed by atoms with Gasteiger partial charge in [-0.3, -0.25) is 0 Å². The highest BCUT2D eigenvalue weighted by molar-refractivity contribution is 5.73. The number of halogens is 2. The summed E-state index contributed by atoms with van der Waals surface area (Å²) in [5.41, 5.74) is 1.62. The van der Waals surface area contributed by atoms with Crippen molar-refractivity contribution in [2.75, 3.05) is 46.6 Å². The Morgan fingerprint density at radius 3 is 2.34 bits per heavy atom. The van der Waals surface area contributed by atoms with E-state index >= 15 is 0 Å². The molecule has 0 spiro atoms. The highest BCUT2D eigenvalue weighted by Crippen LogP contribution is 2.28. The van der Waals surface area contributed by atoms with Crippen LogP contribution < -0.4 is 14.2 Å². The molecule has 0 radical (unpaired) electrons. The summed E-state index contributed by atoms with van der Waals surface area (Å²) in [6.45, 7) is 3.89. The van der Waals surface area contributed by atoms with Crippen LogP contribution in [0.5, 0.6) is 17.2 Å². The number of amides is 1. The monoisotopic (exact) mass is 539 g/mol.